The number of carbonyl (C=O) groups excluding carboxylic acids is 1. The number of hydrogen-bond acceptors (Lipinski definition) is 2. The van der Waals surface area contributed by atoms with Gasteiger partial charge in [-0.15, -0.1) is 0 Å². The summed E-state index contributed by atoms with van der Waals surface area (Å²) in [5, 5.41) is 3.66. The molecule has 2 aliphatic rings. The van der Waals surface area contributed by atoms with E-state index in [4.69, 9.17) is 0 Å². The van der Waals surface area contributed by atoms with Gasteiger partial charge in [0.05, 0.1) is 6.42 Å². The molecule has 0 unspecified atom stereocenters. The molecule has 1 amide bonds. The second-order valence-corrected chi connectivity index (χ2v) is 6.61. The number of piperidine rings is 1. The number of nitrogens with zero attached hydrogens (tertiary/aromatic N) is 1. The monoisotopic (exact) mass is 286 g/mol. The Morgan fingerprint density at radius 2 is 1.90 bits per heavy atom. The standard InChI is InChI=1S/C18H26N2O/c1-14-4-2-3-5-16(14)12-18(21)20-10-8-17(9-11-20)19-13-15-6-7-15/h2-5,15,17,19H,6-13H2,1H3. The molecule has 1 aliphatic heterocycles. The van der Waals surface area contributed by atoms with Gasteiger partial charge in [0.25, 0.3) is 0 Å². The van der Waals surface area contributed by atoms with E-state index in [-0.39, 0.29) is 5.91 Å². The second kappa shape index (κ2) is 6.61. The second-order valence-electron chi connectivity index (χ2n) is 6.61. The third-order valence-corrected chi connectivity index (χ3v) is 4.84. The van der Waals surface area contributed by atoms with Crippen LogP contribution in [0.1, 0.15) is 36.8 Å². The lowest BCUT2D eigenvalue weighted by atomic mass is 10.0. The first kappa shape index (κ1) is 14.6. The molecule has 0 bridgehead atoms. The van der Waals surface area contributed by atoms with Gasteiger partial charge in [-0.05, 0) is 56.2 Å². The molecule has 3 nitrogen and oxygen atoms in total. The first-order valence-corrected chi connectivity index (χ1v) is 8.28. The Morgan fingerprint density at radius 3 is 2.57 bits per heavy atom. The van der Waals surface area contributed by atoms with Crippen molar-refractivity contribution >= 4 is 5.91 Å². The summed E-state index contributed by atoms with van der Waals surface area (Å²) in [5.41, 5.74) is 2.38. The lowest BCUT2D eigenvalue weighted by Crippen LogP contribution is -2.45. The van der Waals surface area contributed by atoms with Crippen LogP contribution in [0.15, 0.2) is 24.3 Å². The number of hydrogen-bond donors (Lipinski definition) is 1. The molecule has 114 valence electrons. The molecule has 0 atom stereocenters. The molecule has 0 spiro atoms. The average Bonchev–Trinajstić information content (AvgIpc) is 3.32. The number of nitrogens with one attached hydrogen (secondary N) is 1. The Kier molecular flexibility index (Phi) is 4.59. The maximum absolute atomic E-state index is 12.4. The molecule has 2 fully saturated rings. The van der Waals surface area contributed by atoms with Crippen LogP contribution in [0.3, 0.4) is 0 Å². The summed E-state index contributed by atoms with van der Waals surface area (Å²) in [4.78, 5) is 14.5. The molecule has 3 heteroatoms. The topological polar surface area (TPSA) is 32.3 Å². The van der Waals surface area contributed by atoms with Gasteiger partial charge in [0.15, 0.2) is 0 Å². The number of carbonyl (C=O) groups is 1. The van der Waals surface area contributed by atoms with Gasteiger partial charge in [0, 0.05) is 19.1 Å². The summed E-state index contributed by atoms with van der Waals surface area (Å²) in [6, 6.07) is 8.81. The van der Waals surface area contributed by atoms with Crippen molar-refractivity contribution in [2.45, 2.75) is 45.1 Å². The molecule has 1 heterocycles. The van der Waals surface area contributed by atoms with E-state index in [2.05, 4.69) is 24.4 Å². The fraction of sp³-hybridized carbons (Fsp3) is 0.611. The quantitative estimate of drug-likeness (QED) is 0.902. The predicted molar refractivity (Wildman–Crippen MR) is 85.2 cm³/mol. The molecule has 1 saturated heterocycles. The van der Waals surface area contributed by atoms with Crippen LogP contribution < -0.4 is 5.32 Å². The third-order valence-electron chi connectivity index (χ3n) is 4.84. The summed E-state index contributed by atoms with van der Waals surface area (Å²) >= 11 is 0. The van der Waals surface area contributed by atoms with Crippen molar-refractivity contribution in [3.63, 3.8) is 0 Å². The third kappa shape index (κ3) is 4.07. The number of aryl methyl sites for hydroxylation is 1. The zero-order valence-corrected chi connectivity index (χ0v) is 13.0. The minimum absolute atomic E-state index is 0.282. The largest absolute Gasteiger partial charge is 0.342 e. The van der Waals surface area contributed by atoms with Gasteiger partial charge in [-0.25, -0.2) is 0 Å². The van der Waals surface area contributed by atoms with Gasteiger partial charge in [-0.3, -0.25) is 4.79 Å². The highest BCUT2D eigenvalue weighted by molar-refractivity contribution is 5.79. The van der Waals surface area contributed by atoms with Crippen LogP contribution in [0.25, 0.3) is 0 Å². The molecule has 1 aromatic carbocycles. The van der Waals surface area contributed by atoms with Crippen molar-refractivity contribution < 1.29 is 4.79 Å². The minimum Gasteiger partial charge on any atom is -0.342 e. The van der Waals surface area contributed by atoms with Crippen molar-refractivity contribution in [2.24, 2.45) is 5.92 Å². The van der Waals surface area contributed by atoms with Gasteiger partial charge in [0.1, 0.15) is 0 Å². The first-order valence-electron chi connectivity index (χ1n) is 8.28. The zero-order chi connectivity index (χ0) is 14.7. The van der Waals surface area contributed by atoms with Crippen LogP contribution in [0.5, 0.6) is 0 Å². The van der Waals surface area contributed by atoms with Gasteiger partial charge in [-0.1, -0.05) is 24.3 Å². The normalized spacial score (nSPS) is 19.8. The highest BCUT2D eigenvalue weighted by Crippen LogP contribution is 2.28. The van der Waals surface area contributed by atoms with Crippen LogP contribution in [0.2, 0.25) is 0 Å². The van der Waals surface area contributed by atoms with E-state index in [1.165, 1.54) is 24.9 Å². The Hall–Kier alpha value is -1.35. The van der Waals surface area contributed by atoms with E-state index in [1.807, 2.05) is 17.0 Å². The maximum Gasteiger partial charge on any atom is 0.227 e. The summed E-state index contributed by atoms with van der Waals surface area (Å²) in [5.74, 6) is 1.22. The van der Waals surface area contributed by atoms with Gasteiger partial charge < -0.3 is 10.2 Å². The van der Waals surface area contributed by atoms with Gasteiger partial charge in [0.2, 0.25) is 5.91 Å². The molecule has 1 aromatic rings. The highest BCUT2D eigenvalue weighted by Gasteiger charge is 2.25. The molecule has 0 radical (unpaired) electrons. The number of benzene rings is 1. The molecule has 1 aliphatic carbocycles. The van der Waals surface area contributed by atoms with Crippen LogP contribution in [-0.4, -0.2) is 36.5 Å². The summed E-state index contributed by atoms with van der Waals surface area (Å²) < 4.78 is 0. The Bertz CT molecular complexity index is 488. The van der Waals surface area contributed by atoms with E-state index < -0.39 is 0 Å². The zero-order valence-electron chi connectivity index (χ0n) is 13.0. The van der Waals surface area contributed by atoms with Crippen LogP contribution >= 0.6 is 0 Å². The average molecular weight is 286 g/mol. The Morgan fingerprint density at radius 1 is 1.19 bits per heavy atom. The lowest BCUT2D eigenvalue weighted by molar-refractivity contribution is -0.131. The van der Waals surface area contributed by atoms with E-state index in [0.29, 0.717) is 12.5 Å². The Balaban J connectivity index is 1.45. The first-order chi connectivity index (χ1) is 10.2. The van der Waals surface area contributed by atoms with Crippen LogP contribution in [0, 0.1) is 12.8 Å². The maximum atomic E-state index is 12.4. The van der Waals surface area contributed by atoms with Crippen LogP contribution in [-0.2, 0) is 11.2 Å². The van der Waals surface area contributed by atoms with Gasteiger partial charge >= 0.3 is 0 Å². The van der Waals surface area contributed by atoms with Crippen molar-refractivity contribution in [3.8, 4) is 0 Å². The molecule has 1 saturated carbocycles. The van der Waals surface area contributed by atoms with E-state index in [9.17, 15) is 4.79 Å². The lowest BCUT2D eigenvalue weighted by Gasteiger charge is -2.32. The summed E-state index contributed by atoms with van der Waals surface area (Å²) in [6.45, 7) is 5.08. The number of amides is 1. The van der Waals surface area contributed by atoms with E-state index in [0.717, 1.165) is 37.4 Å². The van der Waals surface area contributed by atoms with Crippen molar-refractivity contribution in [1.29, 1.82) is 0 Å². The molecule has 3 rings (SSSR count). The van der Waals surface area contributed by atoms with E-state index in [1.54, 1.807) is 0 Å². The van der Waals surface area contributed by atoms with E-state index >= 15 is 0 Å². The summed E-state index contributed by atoms with van der Waals surface area (Å²) in [7, 11) is 0. The number of rotatable bonds is 5. The highest BCUT2D eigenvalue weighted by atomic mass is 16.2. The molecule has 0 aromatic heterocycles. The molecule has 1 N–H and O–H groups in total. The van der Waals surface area contributed by atoms with Crippen molar-refractivity contribution in [1.82, 2.24) is 10.2 Å². The molecule has 21 heavy (non-hydrogen) atoms. The SMILES string of the molecule is Cc1ccccc1CC(=O)N1CCC(NCC2CC2)CC1. The summed E-state index contributed by atoms with van der Waals surface area (Å²) in [6.07, 6.45) is 5.56. The van der Waals surface area contributed by atoms with Crippen molar-refractivity contribution in [3.05, 3.63) is 35.4 Å². The number of likely N-dealkylation sites (tertiary alicyclic amines) is 1. The van der Waals surface area contributed by atoms with Gasteiger partial charge in [-0.2, -0.15) is 0 Å². The molecular weight excluding hydrogens is 260 g/mol. The smallest absolute Gasteiger partial charge is 0.227 e. The molecular formula is C18H26N2O. The van der Waals surface area contributed by atoms with Crippen molar-refractivity contribution in [2.75, 3.05) is 19.6 Å². The van der Waals surface area contributed by atoms with Crippen LogP contribution in [0.4, 0.5) is 0 Å². The fourth-order valence-corrected chi connectivity index (χ4v) is 3.07. The minimum atomic E-state index is 0.282. The Labute approximate surface area is 127 Å². The fourth-order valence-electron chi connectivity index (χ4n) is 3.07. The predicted octanol–water partition coefficient (Wildman–Crippen LogP) is 2.53.